The van der Waals surface area contributed by atoms with Gasteiger partial charge in [0.2, 0.25) is 0 Å². The molecule has 0 atom stereocenters. The quantitative estimate of drug-likeness (QED) is 0.461. The molecule has 3 aromatic rings. The predicted octanol–water partition coefficient (Wildman–Crippen LogP) is 4.36. The minimum absolute atomic E-state index is 0.0396. The average molecular weight is 500 g/mol. The van der Waals surface area contributed by atoms with Gasteiger partial charge >= 0.3 is 11.8 Å². The zero-order chi connectivity index (χ0) is 26.8. The van der Waals surface area contributed by atoms with Crippen molar-refractivity contribution in [3.63, 3.8) is 0 Å². The summed E-state index contributed by atoms with van der Waals surface area (Å²) in [6.07, 6.45) is -0.194. The highest BCUT2D eigenvalue weighted by molar-refractivity contribution is 6.13. The van der Waals surface area contributed by atoms with Crippen molar-refractivity contribution in [3.8, 4) is 0 Å². The first kappa shape index (κ1) is 26.6. The van der Waals surface area contributed by atoms with E-state index in [1.54, 1.807) is 20.8 Å². The number of pyridine rings is 1. The number of benzene rings is 1. The molecule has 2 aromatic heterocycles. The van der Waals surface area contributed by atoms with Gasteiger partial charge in [0.1, 0.15) is 11.4 Å². The maximum Gasteiger partial charge on any atom is 0.412 e. The van der Waals surface area contributed by atoms with E-state index in [2.05, 4.69) is 20.6 Å². The van der Waals surface area contributed by atoms with Crippen molar-refractivity contribution >= 4 is 34.4 Å². The van der Waals surface area contributed by atoms with Crippen LogP contribution < -0.4 is 21.9 Å². The normalized spacial score (nSPS) is 11.6. The number of nitrogens with one attached hydrogen (secondary N) is 3. The number of amides is 2. The van der Waals surface area contributed by atoms with Crippen LogP contribution in [0, 0.1) is 5.82 Å². The van der Waals surface area contributed by atoms with Gasteiger partial charge < -0.3 is 10.1 Å². The number of halogens is 1. The number of fused-ring (bicyclic) bond motifs is 1. The van der Waals surface area contributed by atoms with E-state index in [1.165, 1.54) is 16.7 Å². The summed E-state index contributed by atoms with van der Waals surface area (Å²) in [5, 5.41) is 5.00. The lowest BCUT2D eigenvalue weighted by molar-refractivity contribution is 0.0635. The van der Waals surface area contributed by atoms with Crippen molar-refractivity contribution in [1.29, 1.82) is 0 Å². The molecule has 0 aliphatic rings. The zero-order valence-corrected chi connectivity index (χ0v) is 21.1. The third-order valence-corrected chi connectivity index (χ3v) is 5.12. The summed E-state index contributed by atoms with van der Waals surface area (Å²) in [5.41, 5.74) is -1.56. The Kier molecular flexibility index (Phi) is 7.61. The molecule has 0 spiro atoms. The maximum absolute atomic E-state index is 14.1. The van der Waals surface area contributed by atoms with E-state index in [-0.39, 0.29) is 40.4 Å². The van der Waals surface area contributed by atoms with Crippen molar-refractivity contribution in [2.45, 2.75) is 66.0 Å². The van der Waals surface area contributed by atoms with Gasteiger partial charge in [0, 0.05) is 12.2 Å². The third-order valence-electron chi connectivity index (χ3n) is 5.12. The van der Waals surface area contributed by atoms with E-state index in [9.17, 15) is 23.6 Å². The van der Waals surface area contributed by atoms with Crippen LogP contribution in [0.2, 0.25) is 0 Å². The molecule has 3 N–H and O–H groups in total. The lowest BCUT2D eigenvalue weighted by Gasteiger charge is -2.20. The Morgan fingerprint density at radius 2 is 1.83 bits per heavy atom. The second kappa shape index (κ2) is 10.3. The number of hydrogen-bond donors (Lipinski definition) is 3. The van der Waals surface area contributed by atoms with Crippen molar-refractivity contribution in [3.05, 3.63) is 62.2 Å². The van der Waals surface area contributed by atoms with Gasteiger partial charge in [-0.25, -0.2) is 19.0 Å². The third kappa shape index (κ3) is 5.96. The Bertz CT molecular complexity index is 1440. The summed E-state index contributed by atoms with van der Waals surface area (Å²) in [5.74, 6) is -1.52. The van der Waals surface area contributed by atoms with Gasteiger partial charge in [0.15, 0.2) is 5.65 Å². The smallest absolute Gasteiger partial charge is 0.412 e. The average Bonchev–Trinajstić information content (AvgIpc) is 2.76. The first-order valence-electron chi connectivity index (χ1n) is 11.6. The number of carbonyl (C=O) groups is 2. The summed E-state index contributed by atoms with van der Waals surface area (Å²) in [6.45, 7) is 11.0. The minimum Gasteiger partial charge on any atom is -0.444 e. The molecule has 0 saturated carbocycles. The fourth-order valence-electron chi connectivity index (χ4n) is 3.53. The molecule has 0 fully saturated rings. The summed E-state index contributed by atoms with van der Waals surface area (Å²) in [6, 6.07) is 4.91. The topological polar surface area (TPSA) is 135 Å². The van der Waals surface area contributed by atoms with Crippen LogP contribution in [0.3, 0.4) is 0 Å². The van der Waals surface area contributed by atoms with E-state index in [0.717, 1.165) is 12.1 Å². The maximum atomic E-state index is 14.1. The van der Waals surface area contributed by atoms with Crippen LogP contribution in [0.15, 0.2) is 33.9 Å². The molecule has 3 rings (SSSR count). The van der Waals surface area contributed by atoms with Gasteiger partial charge in [-0.1, -0.05) is 20.8 Å². The molecule has 10 nitrogen and oxygen atoms in total. The molecule has 2 heterocycles. The van der Waals surface area contributed by atoms with Gasteiger partial charge in [-0.3, -0.25) is 24.5 Å². The van der Waals surface area contributed by atoms with Crippen LogP contribution in [0.25, 0.3) is 11.0 Å². The number of hydrogen-bond acceptors (Lipinski definition) is 6. The molecular formula is C25H30FN5O5. The van der Waals surface area contributed by atoms with Crippen LogP contribution in [0.4, 0.5) is 20.6 Å². The Morgan fingerprint density at radius 3 is 2.44 bits per heavy atom. The summed E-state index contributed by atoms with van der Waals surface area (Å²) < 4.78 is 20.6. The number of H-pyrrole nitrogens is 1. The molecule has 11 heteroatoms. The molecule has 0 bridgehead atoms. The van der Waals surface area contributed by atoms with Gasteiger partial charge in [-0.05, 0) is 57.4 Å². The Labute approximate surface area is 206 Å². The largest absolute Gasteiger partial charge is 0.444 e. The molecule has 0 saturated heterocycles. The SMILES string of the molecule is CCCn1c(=O)[nH]c(=O)c2c(C(=O)Nc3cc(F)ccc3NC(=O)OC(C)(C)C)cc(C(C)C)nc21. The predicted molar refractivity (Wildman–Crippen MR) is 135 cm³/mol. The van der Waals surface area contributed by atoms with Gasteiger partial charge in [0.05, 0.1) is 22.3 Å². The molecule has 1 aromatic carbocycles. The van der Waals surface area contributed by atoms with Crippen LogP contribution in [0.5, 0.6) is 0 Å². The Morgan fingerprint density at radius 1 is 1.14 bits per heavy atom. The molecular weight excluding hydrogens is 469 g/mol. The van der Waals surface area contributed by atoms with Crippen LogP contribution in [0.1, 0.15) is 69.9 Å². The number of anilines is 2. The van der Waals surface area contributed by atoms with Gasteiger partial charge in [0.25, 0.3) is 11.5 Å². The summed E-state index contributed by atoms with van der Waals surface area (Å²) >= 11 is 0. The van der Waals surface area contributed by atoms with E-state index < -0.39 is 34.7 Å². The number of rotatable bonds is 6. The van der Waals surface area contributed by atoms with Crippen molar-refractivity contribution in [2.75, 3.05) is 10.6 Å². The Balaban J connectivity index is 2.12. The number of nitrogens with zero attached hydrogens (tertiary/aromatic N) is 2. The number of ether oxygens (including phenoxy) is 1. The summed E-state index contributed by atoms with van der Waals surface area (Å²) in [4.78, 5) is 57.7. The van der Waals surface area contributed by atoms with E-state index >= 15 is 0 Å². The first-order chi connectivity index (χ1) is 16.8. The zero-order valence-electron chi connectivity index (χ0n) is 21.1. The van der Waals surface area contributed by atoms with Crippen molar-refractivity contribution in [1.82, 2.24) is 14.5 Å². The first-order valence-corrected chi connectivity index (χ1v) is 11.6. The fourth-order valence-corrected chi connectivity index (χ4v) is 3.53. The van der Waals surface area contributed by atoms with Gasteiger partial charge in [-0.15, -0.1) is 0 Å². The summed E-state index contributed by atoms with van der Waals surface area (Å²) in [7, 11) is 0. The molecule has 0 aliphatic heterocycles. The number of carbonyl (C=O) groups excluding carboxylic acids is 2. The van der Waals surface area contributed by atoms with Crippen LogP contribution in [-0.4, -0.2) is 32.1 Å². The minimum atomic E-state index is -0.791. The molecule has 2 amide bonds. The fraction of sp³-hybridized carbons (Fsp3) is 0.400. The molecule has 0 aliphatic carbocycles. The number of aromatic nitrogens is 3. The standard InChI is InChI=1S/C25H30FN5O5/c1-7-10-31-20-19(22(33)30-23(31)34)15(12-17(27-20)13(2)3)21(32)28-18-11-14(26)8-9-16(18)29-24(35)36-25(4,5)6/h8-9,11-13H,7,10H2,1-6H3,(H,28,32)(H,29,35)(H,30,33,34). The van der Waals surface area contributed by atoms with E-state index in [0.29, 0.717) is 12.1 Å². The van der Waals surface area contributed by atoms with Crippen molar-refractivity contribution in [2.24, 2.45) is 0 Å². The molecule has 36 heavy (non-hydrogen) atoms. The monoisotopic (exact) mass is 499 g/mol. The van der Waals surface area contributed by atoms with Crippen molar-refractivity contribution < 1.29 is 18.7 Å². The van der Waals surface area contributed by atoms with Crippen LogP contribution >= 0.6 is 0 Å². The Hall–Kier alpha value is -4.02. The highest BCUT2D eigenvalue weighted by Gasteiger charge is 2.22. The second-order valence-corrected chi connectivity index (χ2v) is 9.63. The highest BCUT2D eigenvalue weighted by atomic mass is 19.1. The highest BCUT2D eigenvalue weighted by Crippen LogP contribution is 2.26. The molecule has 192 valence electrons. The van der Waals surface area contributed by atoms with E-state index in [4.69, 9.17) is 4.74 Å². The second-order valence-electron chi connectivity index (χ2n) is 9.63. The molecule has 0 unspecified atom stereocenters. The lowest BCUT2D eigenvalue weighted by Crippen LogP contribution is -2.32. The number of aromatic amines is 1. The van der Waals surface area contributed by atoms with Gasteiger partial charge in [-0.2, -0.15) is 0 Å². The molecule has 0 radical (unpaired) electrons. The van der Waals surface area contributed by atoms with Crippen LogP contribution in [-0.2, 0) is 11.3 Å². The van der Waals surface area contributed by atoms with E-state index in [1.807, 2.05) is 20.8 Å². The number of aryl methyl sites for hydroxylation is 1. The lowest BCUT2D eigenvalue weighted by atomic mass is 10.0.